The van der Waals surface area contributed by atoms with E-state index in [0.29, 0.717) is 19.3 Å². The van der Waals surface area contributed by atoms with Crippen LogP contribution in [0.3, 0.4) is 0 Å². The fourth-order valence-electron chi connectivity index (χ4n) is 7.21. The predicted molar refractivity (Wildman–Crippen MR) is 282 cm³/mol. The second-order valence-corrected chi connectivity index (χ2v) is 17.4. The summed E-state index contributed by atoms with van der Waals surface area (Å²) in [5.74, 6) is -0.638. The smallest absolute Gasteiger partial charge is 0.306 e. The quantitative estimate of drug-likeness (QED) is 0.0245. The monoisotopic (exact) mass is 900 g/mol. The number of esters is 1. The van der Waals surface area contributed by atoms with E-state index < -0.39 is 18.2 Å². The largest absolute Gasteiger partial charge is 0.461 e. The Bertz CT molecular complexity index is 1380. The van der Waals surface area contributed by atoms with Crippen molar-refractivity contribution in [1.29, 1.82) is 0 Å². The maximum atomic E-state index is 13.2. The molecule has 0 bridgehead atoms. The van der Waals surface area contributed by atoms with Crippen molar-refractivity contribution in [2.24, 2.45) is 0 Å². The SMILES string of the molecule is CC\C=C/C=C/C=C/C=C\C=C\C=C\CCCCCC(=O)OC(C/C=C\C/C=C\C/C=C\C/C=C\CCCCC)CC(=O)NC(CO)C(O)CCCCCCCCCCCCCCCC. The number of carbonyl (C=O) groups excluding carboxylic acids is 2. The molecule has 0 heterocycles. The van der Waals surface area contributed by atoms with Crippen LogP contribution >= 0.6 is 0 Å². The number of amides is 1. The molecule has 0 fully saturated rings. The van der Waals surface area contributed by atoms with Crippen LogP contribution < -0.4 is 5.32 Å². The van der Waals surface area contributed by atoms with E-state index in [0.717, 1.165) is 77.0 Å². The van der Waals surface area contributed by atoms with Crippen LogP contribution in [0.5, 0.6) is 0 Å². The first-order valence-corrected chi connectivity index (χ1v) is 26.3. The molecule has 0 saturated heterocycles. The van der Waals surface area contributed by atoms with Gasteiger partial charge in [0.1, 0.15) is 6.10 Å². The highest BCUT2D eigenvalue weighted by atomic mass is 16.5. The molecule has 0 aliphatic heterocycles. The molecule has 0 aliphatic rings. The van der Waals surface area contributed by atoms with E-state index in [4.69, 9.17) is 4.74 Å². The summed E-state index contributed by atoms with van der Waals surface area (Å²) in [4.78, 5) is 26.1. The van der Waals surface area contributed by atoms with Crippen molar-refractivity contribution >= 4 is 11.9 Å². The van der Waals surface area contributed by atoms with Gasteiger partial charge in [0.15, 0.2) is 0 Å². The molecule has 6 heteroatoms. The summed E-state index contributed by atoms with van der Waals surface area (Å²) in [5.41, 5.74) is 0. The molecule has 0 saturated carbocycles. The van der Waals surface area contributed by atoms with E-state index in [2.05, 4.69) is 74.7 Å². The van der Waals surface area contributed by atoms with Crippen molar-refractivity contribution in [3.8, 4) is 0 Å². The minimum absolute atomic E-state index is 0.0245. The van der Waals surface area contributed by atoms with Gasteiger partial charge in [-0.3, -0.25) is 9.59 Å². The first-order chi connectivity index (χ1) is 32.0. The molecule has 1 amide bonds. The lowest BCUT2D eigenvalue weighted by Gasteiger charge is -2.24. The minimum Gasteiger partial charge on any atom is -0.461 e. The molecule has 0 spiro atoms. The first kappa shape index (κ1) is 61.3. The van der Waals surface area contributed by atoms with Crippen LogP contribution in [0, 0.1) is 0 Å². The molecule has 3 atom stereocenters. The Morgan fingerprint density at radius 3 is 1.46 bits per heavy atom. The normalized spacial score (nSPS) is 14.2. The molecule has 6 nitrogen and oxygen atoms in total. The molecule has 65 heavy (non-hydrogen) atoms. The van der Waals surface area contributed by atoms with E-state index in [1.807, 2.05) is 72.9 Å². The Kier molecular flexibility index (Phi) is 48.3. The van der Waals surface area contributed by atoms with Gasteiger partial charge in [-0.15, -0.1) is 0 Å². The summed E-state index contributed by atoms with van der Waals surface area (Å²) >= 11 is 0. The number of unbranched alkanes of at least 4 members (excludes halogenated alkanes) is 19. The zero-order chi connectivity index (χ0) is 47.4. The third-order valence-corrected chi connectivity index (χ3v) is 11.2. The molecule has 0 aromatic heterocycles. The van der Waals surface area contributed by atoms with Crippen molar-refractivity contribution in [1.82, 2.24) is 5.32 Å². The van der Waals surface area contributed by atoms with Crippen LogP contribution in [-0.2, 0) is 14.3 Å². The van der Waals surface area contributed by atoms with Crippen molar-refractivity contribution in [3.63, 3.8) is 0 Å². The van der Waals surface area contributed by atoms with Crippen molar-refractivity contribution in [2.45, 2.75) is 232 Å². The third-order valence-electron chi connectivity index (χ3n) is 11.2. The highest BCUT2D eigenvalue weighted by molar-refractivity contribution is 5.77. The molecule has 0 aromatic rings. The van der Waals surface area contributed by atoms with E-state index in [1.165, 1.54) is 89.9 Å². The zero-order valence-electron chi connectivity index (χ0n) is 41.8. The number of aliphatic hydroxyl groups is 2. The van der Waals surface area contributed by atoms with Gasteiger partial charge in [0, 0.05) is 12.8 Å². The second kappa shape index (κ2) is 51.2. The van der Waals surface area contributed by atoms with Crippen LogP contribution in [0.25, 0.3) is 0 Å². The molecule has 0 rings (SSSR count). The van der Waals surface area contributed by atoms with Gasteiger partial charge in [-0.1, -0.05) is 251 Å². The summed E-state index contributed by atoms with van der Waals surface area (Å²) in [5, 5.41) is 23.8. The molecular formula is C59H97NO5. The minimum atomic E-state index is -0.827. The summed E-state index contributed by atoms with van der Waals surface area (Å²) in [6.07, 6.45) is 71.2. The molecule has 0 aliphatic carbocycles. The lowest BCUT2D eigenvalue weighted by atomic mass is 10.0. The Balaban J connectivity index is 4.82. The van der Waals surface area contributed by atoms with E-state index in [9.17, 15) is 19.8 Å². The predicted octanol–water partition coefficient (Wildman–Crippen LogP) is 16.1. The van der Waals surface area contributed by atoms with Gasteiger partial charge in [-0.05, 0) is 64.2 Å². The number of aliphatic hydroxyl groups excluding tert-OH is 2. The van der Waals surface area contributed by atoms with Gasteiger partial charge < -0.3 is 20.3 Å². The number of rotatable bonds is 45. The average molecular weight is 900 g/mol. The molecule has 0 aromatic carbocycles. The van der Waals surface area contributed by atoms with E-state index in [-0.39, 0.29) is 24.9 Å². The van der Waals surface area contributed by atoms with Gasteiger partial charge >= 0.3 is 5.97 Å². The molecule has 3 unspecified atom stereocenters. The fraction of sp³-hybridized carbons (Fsp3) is 0.627. The topological polar surface area (TPSA) is 95.9 Å². The number of nitrogens with one attached hydrogen (secondary N) is 1. The lowest BCUT2D eigenvalue weighted by Crippen LogP contribution is -2.46. The zero-order valence-corrected chi connectivity index (χ0v) is 41.8. The van der Waals surface area contributed by atoms with Crippen molar-refractivity contribution in [3.05, 3.63) is 122 Å². The van der Waals surface area contributed by atoms with Crippen LogP contribution in [0.4, 0.5) is 0 Å². The van der Waals surface area contributed by atoms with Crippen LogP contribution in [0.15, 0.2) is 122 Å². The first-order valence-electron chi connectivity index (χ1n) is 26.3. The Morgan fingerprint density at radius 1 is 0.492 bits per heavy atom. The second-order valence-electron chi connectivity index (χ2n) is 17.4. The molecule has 0 radical (unpaired) electrons. The third kappa shape index (κ3) is 46.6. The van der Waals surface area contributed by atoms with E-state index >= 15 is 0 Å². The van der Waals surface area contributed by atoms with Crippen molar-refractivity contribution in [2.75, 3.05) is 6.61 Å². The fourth-order valence-corrected chi connectivity index (χ4v) is 7.21. The Labute approximate surface area is 400 Å². The average Bonchev–Trinajstić information content (AvgIpc) is 3.30. The number of hydrogen-bond donors (Lipinski definition) is 3. The molecule has 368 valence electrons. The standard InChI is InChI=1S/C59H97NO5/c1-4-7-10-13-16-19-22-25-28-29-31-34-37-40-43-46-49-52-59(64)65-55(50-47-44-41-38-35-32-30-26-23-20-17-14-11-8-5-2)53-58(63)60-56(54-61)57(62)51-48-45-42-39-36-33-27-24-21-18-15-12-9-6-3/h7,10,13,16-17,19-20,22,25-26,28-31,34-35,37-38,44,47,55-57,61-62H,4-6,8-9,11-12,14-15,18,21,23-24,27,32-33,36,39-43,45-46,48-54H2,1-3H3,(H,60,63)/b10-7-,16-13+,20-17-,22-19+,28-25-,30-26-,31-29+,37-34+,38-35-,47-44-. The summed E-state index contributed by atoms with van der Waals surface area (Å²) < 4.78 is 5.85. The highest BCUT2D eigenvalue weighted by Gasteiger charge is 2.23. The van der Waals surface area contributed by atoms with Crippen molar-refractivity contribution < 1.29 is 24.5 Å². The summed E-state index contributed by atoms with van der Waals surface area (Å²) in [6.45, 7) is 6.26. The van der Waals surface area contributed by atoms with Gasteiger partial charge in [-0.2, -0.15) is 0 Å². The molecular weight excluding hydrogens is 803 g/mol. The van der Waals surface area contributed by atoms with Gasteiger partial charge in [0.05, 0.1) is 25.2 Å². The Morgan fingerprint density at radius 2 is 0.923 bits per heavy atom. The summed E-state index contributed by atoms with van der Waals surface area (Å²) in [7, 11) is 0. The number of allylic oxidation sites excluding steroid dienone is 19. The van der Waals surface area contributed by atoms with E-state index in [1.54, 1.807) is 0 Å². The van der Waals surface area contributed by atoms with Crippen LogP contribution in [-0.4, -0.2) is 46.9 Å². The highest BCUT2D eigenvalue weighted by Crippen LogP contribution is 2.16. The summed E-state index contributed by atoms with van der Waals surface area (Å²) in [6, 6.07) is -0.749. The number of ether oxygens (including phenoxy) is 1. The Hall–Kier alpha value is -3.74. The molecule has 3 N–H and O–H groups in total. The van der Waals surface area contributed by atoms with Gasteiger partial charge in [-0.25, -0.2) is 0 Å². The maximum Gasteiger partial charge on any atom is 0.306 e. The van der Waals surface area contributed by atoms with Crippen LogP contribution in [0.1, 0.15) is 213 Å². The number of carbonyl (C=O) groups is 2. The van der Waals surface area contributed by atoms with Gasteiger partial charge in [0.25, 0.3) is 0 Å². The van der Waals surface area contributed by atoms with Gasteiger partial charge in [0.2, 0.25) is 5.91 Å². The van der Waals surface area contributed by atoms with Crippen LogP contribution in [0.2, 0.25) is 0 Å². The maximum absolute atomic E-state index is 13.2. The lowest BCUT2D eigenvalue weighted by molar-refractivity contribution is -0.150. The number of hydrogen-bond acceptors (Lipinski definition) is 5.